The van der Waals surface area contributed by atoms with Crippen LogP contribution in [0.15, 0.2) is 36.5 Å². The molecule has 0 fully saturated rings. The van der Waals surface area contributed by atoms with Crippen LogP contribution in [0.2, 0.25) is 0 Å². The summed E-state index contributed by atoms with van der Waals surface area (Å²) in [5.74, 6) is 0.630. The molecule has 0 unspecified atom stereocenters. The summed E-state index contributed by atoms with van der Waals surface area (Å²) >= 11 is 0. The van der Waals surface area contributed by atoms with Crippen LogP contribution in [0, 0.1) is 24.2 Å². The Morgan fingerprint density at radius 3 is 2.62 bits per heavy atom. The molecule has 0 atom stereocenters. The first-order chi connectivity index (χ1) is 11.5. The number of amides is 1. The second kappa shape index (κ2) is 8.18. The molecule has 0 saturated carbocycles. The monoisotopic (exact) mass is 323 g/mol. The van der Waals surface area contributed by atoms with E-state index in [0.717, 1.165) is 11.1 Å². The summed E-state index contributed by atoms with van der Waals surface area (Å²) in [7, 11) is 0. The van der Waals surface area contributed by atoms with Gasteiger partial charge in [0.05, 0.1) is 6.42 Å². The average molecular weight is 323 g/mol. The lowest BCUT2D eigenvalue weighted by molar-refractivity contribution is -0.118. The fraction of sp³-hybridized carbons (Fsp3) is 0.333. The van der Waals surface area contributed by atoms with Gasteiger partial charge < -0.3 is 0 Å². The quantitative estimate of drug-likeness (QED) is 0.825. The van der Waals surface area contributed by atoms with Crippen LogP contribution in [0.3, 0.4) is 0 Å². The maximum Gasteiger partial charge on any atom is 0.247 e. The minimum absolute atomic E-state index is 0.0342. The van der Waals surface area contributed by atoms with E-state index in [0.29, 0.717) is 18.3 Å². The molecule has 0 radical (unpaired) electrons. The van der Waals surface area contributed by atoms with Crippen molar-refractivity contribution in [3.8, 4) is 6.07 Å². The van der Waals surface area contributed by atoms with E-state index in [2.05, 4.69) is 29.2 Å². The molecule has 0 saturated heterocycles. The van der Waals surface area contributed by atoms with Crippen LogP contribution in [0.1, 0.15) is 30.8 Å². The van der Waals surface area contributed by atoms with Crippen LogP contribution in [-0.4, -0.2) is 22.4 Å². The van der Waals surface area contributed by atoms with Crippen LogP contribution < -0.4 is 10.4 Å². The van der Waals surface area contributed by atoms with E-state index in [-0.39, 0.29) is 18.2 Å². The number of nitrogens with one attached hydrogen (secondary N) is 1. The van der Waals surface area contributed by atoms with Crippen LogP contribution in [0.25, 0.3) is 0 Å². The molecule has 1 heterocycles. The van der Waals surface area contributed by atoms with Crippen molar-refractivity contribution < 1.29 is 4.79 Å². The van der Waals surface area contributed by atoms with Crippen LogP contribution in [-0.2, 0) is 11.2 Å². The Hall–Kier alpha value is -2.78. The van der Waals surface area contributed by atoms with E-state index in [4.69, 9.17) is 5.26 Å². The first-order valence-electron chi connectivity index (χ1n) is 7.84. The first-order valence-corrected chi connectivity index (χ1v) is 7.84. The zero-order valence-electron chi connectivity index (χ0n) is 14.2. The maximum atomic E-state index is 12.7. The van der Waals surface area contributed by atoms with Gasteiger partial charge in [0.15, 0.2) is 5.82 Å². The topological polar surface area (TPSA) is 81.9 Å². The first kappa shape index (κ1) is 17.6. The molecule has 24 heavy (non-hydrogen) atoms. The van der Waals surface area contributed by atoms with E-state index >= 15 is 0 Å². The fourth-order valence-corrected chi connectivity index (χ4v) is 2.06. The lowest BCUT2D eigenvalue weighted by Crippen LogP contribution is -2.46. The molecule has 0 bridgehead atoms. The summed E-state index contributed by atoms with van der Waals surface area (Å²) in [5, 5.41) is 10.4. The van der Waals surface area contributed by atoms with E-state index in [1.165, 1.54) is 11.2 Å². The number of hydrogen-bond donors (Lipinski definition) is 1. The minimum Gasteiger partial charge on any atom is -0.273 e. The minimum atomic E-state index is -0.137. The zero-order chi connectivity index (χ0) is 17.5. The predicted molar refractivity (Wildman–Crippen MR) is 92.0 cm³/mol. The van der Waals surface area contributed by atoms with Crippen LogP contribution in [0.5, 0.6) is 0 Å². The van der Waals surface area contributed by atoms with Gasteiger partial charge in [0, 0.05) is 18.8 Å². The van der Waals surface area contributed by atoms with E-state index in [1.54, 1.807) is 6.07 Å². The number of nitriles is 1. The highest BCUT2D eigenvalue weighted by molar-refractivity contribution is 5.93. The number of carbonyl (C=O) groups is 1. The molecule has 2 aromatic rings. The van der Waals surface area contributed by atoms with E-state index in [1.807, 2.05) is 37.3 Å². The number of carbonyl (C=O) groups excluding carboxylic acids is 1. The lowest BCUT2D eigenvalue weighted by Gasteiger charge is -2.23. The largest absolute Gasteiger partial charge is 0.273 e. The average Bonchev–Trinajstić information content (AvgIpc) is 2.57. The van der Waals surface area contributed by atoms with Gasteiger partial charge in [-0.15, -0.1) is 0 Å². The van der Waals surface area contributed by atoms with Crippen molar-refractivity contribution in [2.24, 2.45) is 5.92 Å². The van der Waals surface area contributed by atoms with Crippen molar-refractivity contribution in [1.29, 1.82) is 5.26 Å². The van der Waals surface area contributed by atoms with Gasteiger partial charge in [-0.1, -0.05) is 43.7 Å². The van der Waals surface area contributed by atoms with Crippen molar-refractivity contribution in [2.75, 3.05) is 11.6 Å². The molecule has 1 amide bonds. The van der Waals surface area contributed by atoms with Crippen molar-refractivity contribution in [2.45, 2.75) is 27.2 Å². The molecule has 6 heteroatoms. The Morgan fingerprint density at radius 1 is 1.29 bits per heavy atom. The Kier molecular flexibility index (Phi) is 5.99. The fourth-order valence-electron chi connectivity index (χ4n) is 2.06. The summed E-state index contributed by atoms with van der Waals surface area (Å²) in [6.07, 6.45) is 1.72. The number of aromatic nitrogens is 2. The molecule has 0 spiro atoms. The number of nitrogens with zero attached hydrogens (tertiary/aromatic N) is 4. The number of anilines is 1. The zero-order valence-corrected chi connectivity index (χ0v) is 14.2. The second-order valence-corrected chi connectivity index (χ2v) is 6.00. The number of hydrogen-bond acceptors (Lipinski definition) is 5. The van der Waals surface area contributed by atoms with Gasteiger partial charge in [0.25, 0.3) is 0 Å². The number of aryl methyl sites for hydroxylation is 1. The third kappa shape index (κ3) is 4.86. The van der Waals surface area contributed by atoms with Gasteiger partial charge in [-0.05, 0) is 18.4 Å². The Labute approximate surface area is 142 Å². The number of rotatable bonds is 6. The number of benzene rings is 1. The molecule has 1 aromatic carbocycles. The Balaban J connectivity index is 2.22. The molecular weight excluding hydrogens is 302 g/mol. The van der Waals surface area contributed by atoms with Gasteiger partial charge in [-0.2, -0.15) is 10.2 Å². The normalized spacial score (nSPS) is 10.5. The third-order valence-corrected chi connectivity index (χ3v) is 3.35. The van der Waals surface area contributed by atoms with Gasteiger partial charge in [-0.3, -0.25) is 4.79 Å². The van der Waals surface area contributed by atoms with Crippen molar-refractivity contribution in [3.63, 3.8) is 0 Å². The molecule has 0 aliphatic rings. The Bertz CT molecular complexity index is 734. The molecule has 124 valence electrons. The van der Waals surface area contributed by atoms with Gasteiger partial charge in [-0.25, -0.2) is 15.4 Å². The molecule has 1 N–H and O–H groups in total. The van der Waals surface area contributed by atoms with Gasteiger partial charge in [0.2, 0.25) is 11.7 Å². The highest BCUT2D eigenvalue weighted by Crippen LogP contribution is 2.12. The SMILES string of the molecule is Cc1ccc(CC(=O)N(NCC(C)C)c2ccnc(C#N)n2)cc1. The molecular formula is C18H21N5O. The molecule has 0 aliphatic heterocycles. The lowest BCUT2D eigenvalue weighted by atomic mass is 10.1. The standard InChI is InChI=1S/C18H21N5O/c1-13(2)12-21-23(17-8-9-20-16(11-19)22-17)18(24)10-15-6-4-14(3)5-7-15/h4-9,13,21H,10,12H2,1-3H3. The smallest absolute Gasteiger partial charge is 0.247 e. The van der Waals surface area contributed by atoms with Crippen molar-refractivity contribution in [1.82, 2.24) is 15.4 Å². The summed E-state index contributed by atoms with van der Waals surface area (Å²) in [5.41, 5.74) is 5.18. The second-order valence-electron chi connectivity index (χ2n) is 6.00. The van der Waals surface area contributed by atoms with E-state index < -0.39 is 0 Å². The van der Waals surface area contributed by atoms with Crippen LogP contribution in [0.4, 0.5) is 5.82 Å². The van der Waals surface area contributed by atoms with Crippen molar-refractivity contribution >= 4 is 11.7 Å². The van der Waals surface area contributed by atoms with E-state index in [9.17, 15) is 4.79 Å². The highest BCUT2D eigenvalue weighted by atomic mass is 16.2. The maximum absolute atomic E-state index is 12.7. The molecule has 0 aliphatic carbocycles. The van der Waals surface area contributed by atoms with Crippen molar-refractivity contribution in [3.05, 3.63) is 53.5 Å². The molecule has 1 aromatic heterocycles. The number of hydrazine groups is 1. The summed E-state index contributed by atoms with van der Waals surface area (Å²) in [6.45, 7) is 6.73. The molecule has 2 rings (SSSR count). The summed E-state index contributed by atoms with van der Waals surface area (Å²) < 4.78 is 0. The van der Waals surface area contributed by atoms with Crippen LogP contribution >= 0.6 is 0 Å². The highest BCUT2D eigenvalue weighted by Gasteiger charge is 2.18. The summed E-state index contributed by atoms with van der Waals surface area (Å²) in [4.78, 5) is 20.7. The third-order valence-electron chi connectivity index (χ3n) is 3.35. The Morgan fingerprint density at radius 2 is 2.00 bits per heavy atom. The van der Waals surface area contributed by atoms with Gasteiger partial charge >= 0.3 is 0 Å². The molecule has 6 nitrogen and oxygen atoms in total. The predicted octanol–water partition coefficient (Wildman–Crippen LogP) is 2.39. The summed E-state index contributed by atoms with van der Waals surface area (Å²) in [6, 6.07) is 11.3. The van der Waals surface area contributed by atoms with Gasteiger partial charge in [0.1, 0.15) is 6.07 Å².